The van der Waals surface area contributed by atoms with Crippen molar-refractivity contribution < 1.29 is 40.9 Å². The highest BCUT2D eigenvalue weighted by molar-refractivity contribution is 7.86. The second-order valence-corrected chi connectivity index (χ2v) is 16.4. The molecule has 1 saturated heterocycles. The highest BCUT2D eigenvalue weighted by Crippen LogP contribution is 2.42. The van der Waals surface area contributed by atoms with Crippen molar-refractivity contribution in [1.82, 2.24) is 0 Å². The van der Waals surface area contributed by atoms with Crippen LogP contribution in [-0.4, -0.2) is 60.3 Å². The van der Waals surface area contributed by atoms with Crippen LogP contribution in [-0.2, 0) is 33.9 Å². The molecule has 0 saturated carbocycles. The molecule has 0 aromatic heterocycles. The number of hydrogen-bond donors (Lipinski definition) is 0. The second-order valence-electron chi connectivity index (χ2n) is 14.4. The molecule has 0 bridgehead atoms. The maximum atomic E-state index is 13.5. The molecule has 1 fully saturated rings. The molecular weight excluding hydrogens is 739 g/mol. The van der Waals surface area contributed by atoms with Gasteiger partial charge in [-0.3, -0.25) is 4.18 Å². The zero-order chi connectivity index (χ0) is 39.4. The number of aryl methyl sites for hydroxylation is 1. The Bertz CT molecular complexity index is 2100. The highest BCUT2D eigenvalue weighted by atomic mass is 35.5. The summed E-state index contributed by atoms with van der Waals surface area (Å²) < 4.78 is 69.6. The van der Waals surface area contributed by atoms with E-state index >= 15 is 0 Å². The van der Waals surface area contributed by atoms with Gasteiger partial charge in [0.25, 0.3) is 10.1 Å². The van der Waals surface area contributed by atoms with Gasteiger partial charge in [-0.15, -0.1) is 0 Å². The Morgan fingerprint density at radius 2 is 1.24 bits per heavy atom. The number of methoxy groups -OCH3 is 2. The number of benzene rings is 5. The lowest BCUT2D eigenvalue weighted by atomic mass is 9.79. The fraction of sp³-hybridized carbons (Fsp3) is 0.302. The highest BCUT2D eigenvalue weighted by Gasteiger charge is 2.51. The van der Waals surface area contributed by atoms with Crippen LogP contribution in [0.5, 0.6) is 17.2 Å². The molecule has 1 aliphatic heterocycles. The fourth-order valence-electron chi connectivity index (χ4n) is 6.26. The standard InChI is InChI=1S/C43H46BClO9S/c1-30-13-24-38(25-14-30)55(46,47)51-29-37(52-40-26-19-34(27-39(40)45)44-53-41(2,3)42(4,5)54-44)28-50-43(31-11-9-8-10-12-31,32-15-20-35(48-6)21-16-32)33-17-22-36(49-7)23-18-33/h8-27,37H,28-29H2,1-7H3/t37-/m1/s1. The molecule has 0 aliphatic carbocycles. The van der Waals surface area contributed by atoms with E-state index in [1.165, 1.54) is 12.1 Å². The summed E-state index contributed by atoms with van der Waals surface area (Å²) in [6.45, 7) is 9.28. The fourth-order valence-corrected chi connectivity index (χ4v) is 7.43. The van der Waals surface area contributed by atoms with Crippen LogP contribution in [0.2, 0.25) is 5.02 Å². The van der Waals surface area contributed by atoms with Crippen LogP contribution < -0.4 is 19.7 Å². The Morgan fingerprint density at radius 3 is 1.75 bits per heavy atom. The van der Waals surface area contributed by atoms with Gasteiger partial charge in [0.05, 0.1) is 41.9 Å². The number of ether oxygens (including phenoxy) is 4. The van der Waals surface area contributed by atoms with E-state index in [1.54, 1.807) is 38.5 Å². The summed E-state index contributed by atoms with van der Waals surface area (Å²) in [7, 11) is -1.59. The van der Waals surface area contributed by atoms with Crippen molar-refractivity contribution in [2.75, 3.05) is 27.4 Å². The van der Waals surface area contributed by atoms with Crippen molar-refractivity contribution >= 4 is 34.3 Å². The van der Waals surface area contributed by atoms with E-state index < -0.39 is 40.1 Å². The Balaban J connectivity index is 1.38. The Kier molecular flexibility index (Phi) is 12.0. The normalized spacial score (nSPS) is 15.7. The molecule has 5 aromatic carbocycles. The summed E-state index contributed by atoms with van der Waals surface area (Å²) in [6, 6.07) is 36.7. The molecule has 1 atom stereocenters. The van der Waals surface area contributed by atoms with Crippen molar-refractivity contribution in [1.29, 1.82) is 0 Å². The summed E-state index contributed by atoms with van der Waals surface area (Å²) in [5, 5.41) is 0.276. The van der Waals surface area contributed by atoms with Crippen molar-refractivity contribution in [3.05, 3.63) is 149 Å². The van der Waals surface area contributed by atoms with E-state index in [2.05, 4.69) is 0 Å². The average Bonchev–Trinajstić information content (AvgIpc) is 3.41. The molecule has 0 N–H and O–H groups in total. The maximum Gasteiger partial charge on any atom is 0.494 e. The third-order valence-electron chi connectivity index (χ3n) is 10.2. The van der Waals surface area contributed by atoms with Gasteiger partial charge in [0.15, 0.2) is 0 Å². The van der Waals surface area contributed by atoms with Gasteiger partial charge in [-0.25, -0.2) is 0 Å². The van der Waals surface area contributed by atoms with E-state index in [1.807, 2.05) is 120 Å². The minimum absolute atomic E-state index is 0.0256. The monoisotopic (exact) mass is 784 g/mol. The van der Waals surface area contributed by atoms with Crippen molar-refractivity contribution in [2.45, 2.75) is 62.4 Å². The first-order valence-corrected chi connectivity index (χ1v) is 19.7. The van der Waals surface area contributed by atoms with E-state index in [0.717, 1.165) is 22.3 Å². The molecule has 12 heteroatoms. The third-order valence-corrected chi connectivity index (χ3v) is 11.7. The lowest BCUT2D eigenvalue weighted by Gasteiger charge is -2.37. The van der Waals surface area contributed by atoms with Gasteiger partial charge in [-0.1, -0.05) is 90.0 Å². The van der Waals surface area contributed by atoms with Crippen LogP contribution in [0.15, 0.2) is 126 Å². The molecule has 1 heterocycles. The predicted octanol–water partition coefficient (Wildman–Crippen LogP) is 8.13. The lowest BCUT2D eigenvalue weighted by Crippen LogP contribution is -2.41. The topological polar surface area (TPSA) is 98.8 Å². The molecule has 288 valence electrons. The number of rotatable bonds is 15. The molecule has 9 nitrogen and oxygen atoms in total. The average molecular weight is 785 g/mol. The van der Waals surface area contributed by atoms with Crippen LogP contribution in [0.1, 0.15) is 49.9 Å². The summed E-state index contributed by atoms with van der Waals surface area (Å²) in [4.78, 5) is 0.0256. The van der Waals surface area contributed by atoms with E-state index in [-0.39, 0.29) is 23.1 Å². The van der Waals surface area contributed by atoms with Gasteiger partial charge in [-0.2, -0.15) is 8.42 Å². The van der Waals surface area contributed by atoms with E-state index in [4.69, 9.17) is 44.0 Å². The summed E-state index contributed by atoms with van der Waals surface area (Å²) >= 11 is 6.87. The number of hydrogen-bond acceptors (Lipinski definition) is 9. The summed E-state index contributed by atoms with van der Waals surface area (Å²) in [6.07, 6.45) is -0.972. The Hall–Kier alpha value is -4.36. The molecule has 0 radical (unpaired) electrons. The largest absolute Gasteiger partial charge is 0.497 e. The van der Waals surface area contributed by atoms with Crippen LogP contribution in [0.25, 0.3) is 0 Å². The minimum Gasteiger partial charge on any atom is -0.497 e. The quantitative estimate of drug-likeness (QED) is 0.0592. The van der Waals surface area contributed by atoms with Gasteiger partial charge < -0.3 is 28.3 Å². The summed E-state index contributed by atoms with van der Waals surface area (Å²) in [5.41, 5.74) is 1.75. The van der Waals surface area contributed by atoms with Crippen molar-refractivity contribution in [3.8, 4) is 17.2 Å². The van der Waals surface area contributed by atoms with Crippen molar-refractivity contribution in [3.63, 3.8) is 0 Å². The van der Waals surface area contributed by atoms with Crippen molar-refractivity contribution in [2.24, 2.45) is 0 Å². The van der Waals surface area contributed by atoms with Gasteiger partial charge in [0.2, 0.25) is 0 Å². The Labute approximate surface area is 329 Å². The predicted molar refractivity (Wildman–Crippen MR) is 214 cm³/mol. The van der Waals surface area contributed by atoms with Crippen LogP contribution in [0, 0.1) is 6.92 Å². The molecule has 0 spiro atoms. The first-order valence-electron chi connectivity index (χ1n) is 17.9. The molecule has 6 rings (SSSR count). The minimum atomic E-state index is -4.17. The SMILES string of the molecule is COc1ccc(C(OC[C@H](COS(=O)(=O)c2ccc(C)cc2)Oc2ccc(B3OC(C)(C)C(C)(C)O3)cc2Cl)(c2ccccc2)c2ccc(OC)cc2)cc1. The smallest absolute Gasteiger partial charge is 0.494 e. The Morgan fingerprint density at radius 1 is 0.709 bits per heavy atom. The summed E-state index contributed by atoms with van der Waals surface area (Å²) in [5.74, 6) is 1.65. The first kappa shape index (κ1) is 40.3. The first-order chi connectivity index (χ1) is 26.2. The second kappa shape index (κ2) is 16.4. The van der Waals surface area contributed by atoms with Gasteiger partial charge >= 0.3 is 7.12 Å². The zero-order valence-electron chi connectivity index (χ0n) is 32.1. The van der Waals surface area contributed by atoms with Gasteiger partial charge in [0.1, 0.15) is 35.6 Å². The maximum absolute atomic E-state index is 13.5. The van der Waals surface area contributed by atoms with E-state index in [0.29, 0.717) is 22.7 Å². The van der Waals surface area contributed by atoms with Crippen LogP contribution >= 0.6 is 11.6 Å². The molecule has 1 aliphatic rings. The van der Waals surface area contributed by atoms with Crippen LogP contribution in [0.3, 0.4) is 0 Å². The lowest BCUT2D eigenvalue weighted by molar-refractivity contribution is -0.0405. The molecule has 5 aromatic rings. The molecule has 0 unspecified atom stereocenters. The van der Waals surface area contributed by atoms with E-state index in [9.17, 15) is 8.42 Å². The third kappa shape index (κ3) is 8.73. The van der Waals surface area contributed by atoms with Crippen LogP contribution in [0.4, 0.5) is 0 Å². The number of halogens is 1. The molecule has 55 heavy (non-hydrogen) atoms. The molecular formula is C43H46BClO9S. The zero-order valence-corrected chi connectivity index (χ0v) is 33.6. The van der Waals surface area contributed by atoms with Gasteiger partial charge in [-0.05, 0) is 105 Å². The molecule has 0 amide bonds. The van der Waals surface area contributed by atoms with Gasteiger partial charge in [0, 0.05) is 0 Å².